The van der Waals surface area contributed by atoms with Crippen LogP contribution in [0.5, 0.6) is 5.75 Å². The third-order valence-corrected chi connectivity index (χ3v) is 8.18. The van der Waals surface area contributed by atoms with Crippen LogP contribution in [0.2, 0.25) is 0 Å². The molecule has 2 aliphatic rings. The third kappa shape index (κ3) is 4.89. The van der Waals surface area contributed by atoms with E-state index in [4.69, 9.17) is 4.74 Å². The molecule has 7 nitrogen and oxygen atoms in total. The molecule has 0 fully saturated rings. The highest BCUT2D eigenvalue weighted by Gasteiger charge is 2.33. The highest BCUT2D eigenvalue weighted by molar-refractivity contribution is 8.00. The van der Waals surface area contributed by atoms with Crippen molar-refractivity contribution in [2.75, 3.05) is 24.6 Å². The van der Waals surface area contributed by atoms with Crippen LogP contribution in [-0.2, 0) is 30.5 Å². The largest absolute Gasteiger partial charge is 0.493 e. The van der Waals surface area contributed by atoms with Gasteiger partial charge in [-0.3, -0.25) is 4.55 Å². The molecule has 1 aromatic heterocycles. The maximum Gasteiger partial charge on any atom is 0.231 e. The lowest BCUT2D eigenvalue weighted by Crippen LogP contribution is -2.42. The first kappa shape index (κ1) is 22.5. The Bertz CT molecular complexity index is 972. The smallest absolute Gasteiger partial charge is 0.231 e. The number of anilines is 1. The summed E-state index contributed by atoms with van der Waals surface area (Å²) >= 11 is -0.173. The fourth-order valence-electron chi connectivity index (χ4n) is 4.41. The first-order valence-electron chi connectivity index (χ1n) is 10.8. The number of hydrogen-bond acceptors (Lipinski definition) is 6. The number of nitrogens with one attached hydrogen (secondary N) is 1. The van der Waals surface area contributed by atoms with Gasteiger partial charge in [-0.1, -0.05) is 19.9 Å². The first-order valence-corrected chi connectivity index (χ1v) is 12.8. The van der Waals surface area contributed by atoms with Crippen molar-refractivity contribution in [3.8, 4) is 5.75 Å². The molecule has 9 heteroatoms. The minimum Gasteiger partial charge on any atom is -0.493 e. The molecule has 1 aromatic carbocycles. The van der Waals surface area contributed by atoms with Crippen LogP contribution < -0.4 is 14.4 Å². The Morgan fingerprint density at radius 3 is 2.97 bits per heavy atom. The monoisotopic (exact) mass is 462 g/mol. The number of benzene rings is 1. The van der Waals surface area contributed by atoms with Crippen molar-refractivity contribution < 1.29 is 13.5 Å². The van der Waals surface area contributed by atoms with Crippen molar-refractivity contribution >= 4 is 28.8 Å². The zero-order valence-electron chi connectivity index (χ0n) is 18.3. The van der Waals surface area contributed by atoms with E-state index in [0.29, 0.717) is 19.0 Å². The number of rotatable bonds is 7. The fourth-order valence-corrected chi connectivity index (χ4v) is 6.17. The van der Waals surface area contributed by atoms with E-state index in [1.807, 2.05) is 18.7 Å². The van der Waals surface area contributed by atoms with Crippen LogP contribution in [0.3, 0.4) is 0 Å². The zero-order valence-corrected chi connectivity index (χ0v) is 19.9. The third-order valence-electron chi connectivity index (χ3n) is 6.13. The Balaban J connectivity index is 1.70. The van der Waals surface area contributed by atoms with Gasteiger partial charge in [0.05, 0.1) is 12.0 Å². The average Bonchev–Trinajstić information content (AvgIpc) is 3.15. The van der Waals surface area contributed by atoms with Gasteiger partial charge in [0.25, 0.3) is 0 Å². The van der Waals surface area contributed by atoms with Gasteiger partial charge in [0.1, 0.15) is 17.9 Å². The Labute approximate surface area is 190 Å². The lowest BCUT2D eigenvalue weighted by atomic mass is 10.0. The van der Waals surface area contributed by atoms with Crippen LogP contribution in [0.25, 0.3) is 0 Å². The Morgan fingerprint density at radius 1 is 1.35 bits per heavy atom. The molecule has 0 saturated heterocycles. The Morgan fingerprint density at radius 2 is 2.19 bits per heavy atom. The predicted octanol–water partition coefficient (Wildman–Crippen LogP) is 3.52. The second-order valence-electron chi connectivity index (χ2n) is 8.14. The molecule has 31 heavy (non-hydrogen) atoms. The van der Waals surface area contributed by atoms with E-state index in [2.05, 4.69) is 45.6 Å². The maximum absolute atomic E-state index is 11.2. The number of aryl methyl sites for hydroxylation is 2. The van der Waals surface area contributed by atoms with Crippen LogP contribution >= 0.6 is 11.8 Å². The first-order chi connectivity index (χ1) is 15.0. The SMILES string of the molecule is CCc1cc2c(cc1SC1C(C)CCc3c(C)ncnc3N1CCNS(=O)O)OCC2. The van der Waals surface area contributed by atoms with Crippen LogP contribution in [0.1, 0.15) is 42.7 Å². The summed E-state index contributed by atoms with van der Waals surface area (Å²) in [7, 11) is 0. The lowest BCUT2D eigenvalue weighted by molar-refractivity contribution is 0.356. The second-order valence-corrected chi connectivity index (χ2v) is 10.1. The quantitative estimate of drug-likeness (QED) is 0.609. The molecule has 0 bridgehead atoms. The Hall–Kier alpha value is -1.68. The molecule has 0 saturated carbocycles. The van der Waals surface area contributed by atoms with Gasteiger partial charge in [0, 0.05) is 35.7 Å². The number of nitrogens with zero attached hydrogens (tertiary/aromatic N) is 3. The molecule has 0 radical (unpaired) electrons. The average molecular weight is 463 g/mol. The summed E-state index contributed by atoms with van der Waals surface area (Å²) in [6, 6.07) is 4.50. The summed E-state index contributed by atoms with van der Waals surface area (Å²) in [5.74, 6) is 2.34. The molecule has 0 amide bonds. The minimum absolute atomic E-state index is 0.147. The number of aromatic nitrogens is 2. The number of fused-ring (bicyclic) bond motifs is 2. The van der Waals surface area contributed by atoms with Gasteiger partial charge < -0.3 is 9.64 Å². The summed E-state index contributed by atoms with van der Waals surface area (Å²) in [4.78, 5) is 12.6. The van der Waals surface area contributed by atoms with Crippen LogP contribution in [-0.4, -0.2) is 43.8 Å². The standard InChI is InChI=1S/C22H30N4O3S2/c1-4-16-11-17-7-10-29-19(17)12-20(16)30-22-14(2)5-6-18-15(3)23-13-24-21(18)26(22)9-8-25-31(27)28/h11-14,22,25H,4-10H2,1-3H3,(H,27,28). The fraction of sp³-hybridized carbons (Fsp3) is 0.545. The molecule has 168 valence electrons. The highest BCUT2D eigenvalue weighted by Crippen LogP contribution is 2.42. The molecule has 0 aliphatic carbocycles. The van der Waals surface area contributed by atoms with Gasteiger partial charge in [-0.2, -0.15) is 0 Å². The summed E-state index contributed by atoms with van der Waals surface area (Å²) in [5, 5.41) is 0.147. The molecule has 2 N–H and O–H groups in total. The van der Waals surface area contributed by atoms with Crippen LogP contribution in [0.15, 0.2) is 23.4 Å². The van der Waals surface area contributed by atoms with E-state index in [-0.39, 0.29) is 5.37 Å². The molecule has 0 spiro atoms. The topological polar surface area (TPSA) is 87.6 Å². The van der Waals surface area contributed by atoms with E-state index < -0.39 is 11.3 Å². The zero-order chi connectivity index (χ0) is 22.0. The molecule has 2 aliphatic heterocycles. The van der Waals surface area contributed by atoms with Crippen molar-refractivity contribution in [2.24, 2.45) is 5.92 Å². The lowest BCUT2D eigenvalue weighted by Gasteiger charge is -2.35. The Kier molecular flexibility index (Phi) is 7.15. The van der Waals surface area contributed by atoms with Crippen molar-refractivity contribution in [1.29, 1.82) is 0 Å². The van der Waals surface area contributed by atoms with Gasteiger partial charge in [-0.15, -0.1) is 11.8 Å². The van der Waals surface area contributed by atoms with E-state index in [9.17, 15) is 8.76 Å². The molecular formula is C22H30N4O3S2. The van der Waals surface area contributed by atoms with Crippen LogP contribution in [0.4, 0.5) is 5.82 Å². The maximum atomic E-state index is 11.2. The summed E-state index contributed by atoms with van der Waals surface area (Å²) in [5.41, 5.74) is 4.83. The van der Waals surface area contributed by atoms with E-state index in [1.54, 1.807) is 6.33 Å². The van der Waals surface area contributed by atoms with Gasteiger partial charge in [0.15, 0.2) is 0 Å². The van der Waals surface area contributed by atoms with Gasteiger partial charge in [-0.25, -0.2) is 18.9 Å². The number of hydrogen-bond donors (Lipinski definition) is 2. The van der Waals surface area contributed by atoms with Crippen molar-refractivity contribution in [3.63, 3.8) is 0 Å². The molecule has 3 atom stereocenters. The molecule has 2 aromatic rings. The predicted molar refractivity (Wildman–Crippen MR) is 125 cm³/mol. The second kappa shape index (κ2) is 9.85. The van der Waals surface area contributed by atoms with E-state index >= 15 is 0 Å². The van der Waals surface area contributed by atoms with Gasteiger partial charge in [0.2, 0.25) is 11.3 Å². The molecule has 3 heterocycles. The minimum atomic E-state index is -2.03. The van der Waals surface area contributed by atoms with Crippen LogP contribution in [0, 0.1) is 12.8 Å². The van der Waals surface area contributed by atoms with E-state index in [0.717, 1.165) is 49.6 Å². The number of ether oxygens (including phenoxy) is 1. The van der Waals surface area contributed by atoms with E-state index in [1.165, 1.54) is 21.6 Å². The van der Waals surface area contributed by atoms with Crippen molar-refractivity contribution in [1.82, 2.24) is 14.7 Å². The highest BCUT2D eigenvalue weighted by atomic mass is 32.2. The van der Waals surface area contributed by atoms with Gasteiger partial charge >= 0.3 is 0 Å². The normalized spacial score (nSPS) is 21.2. The van der Waals surface area contributed by atoms with Crippen molar-refractivity contribution in [3.05, 3.63) is 40.8 Å². The molecular weight excluding hydrogens is 432 g/mol. The summed E-state index contributed by atoms with van der Waals surface area (Å²) in [6.07, 6.45) is 5.55. The van der Waals surface area contributed by atoms with Crippen molar-refractivity contribution in [2.45, 2.75) is 56.7 Å². The summed E-state index contributed by atoms with van der Waals surface area (Å²) in [6.45, 7) is 8.25. The van der Waals surface area contributed by atoms with Gasteiger partial charge in [-0.05, 0) is 49.3 Å². The molecule has 3 unspecified atom stereocenters. The summed E-state index contributed by atoms with van der Waals surface area (Å²) < 4.78 is 28.8. The number of thioether (sulfide) groups is 1. The molecule has 4 rings (SSSR count).